The molecule has 0 spiro atoms. The molecule has 0 N–H and O–H groups in total. The molecule has 146 valence electrons. The average molecular weight is 486 g/mol. The van der Waals surface area contributed by atoms with E-state index in [0.717, 1.165) is 53.9 Å². The number of aryl methyl sites for hydroxylation is 2. The smallest absolute Gasteiger partial charge is 0.317 e. The van der Waals surface area contributed by atoms with Gasteiger partial charge in [-0.1, -0.05) is 24.3 Å². The minimum Gasteiger partial charge on any atom is -0.425 e. The number of hydrogen-bond acceptors (Lipinski definition) is 2. The summed E-state index contributed by atoms with van der Waals surface area (Å²) >= 11 is 2.39. The van der Waals surface area contributed by atoms with Crippen molar-refractivity contribution in [1.29, 1.82) is 0 Å². The lowest BCUT2D eigenvalue weighted by molar-refractivity contribution is -0.161. The monoisotopic (exact) mass is 486 g/mol. The van der Waals surface area contributed by atoms with E-state index in [4.69, 9.17) is 4.74 Å². The Kier molecular flexibility index (Phi) is 4.57. The Hall–Kier alpha value is -1.36. The molecule has 0 radical (unpaired) electrons. The highest BCUT2D eigenvalue weighted by Crippen LogP contribution is 2.60. The van der Waals surface area contributed by atoms with Crippen LogP contribution in [0.15, 0.2) is 36.4 Å². The summed E-state index contributed by atoms with van der Waals surface area (Å²) in [6.45, 7) is 4.24. The van der Waals surface area contributed by atoms with E-state index >= 15 is 0 Å². The Bertz CT molecular complexity index is 890. The van der Waals surface area contributed by atoms with Crippen LogP contribution in [0.5, 0.6) is 5.75 Å². The summed E-state index contributed by atoms with van der Waals surface area (Å²) in [4.78, 5) is 13.5. The van der Waals surface area contributed by atoms with E-state index in [1.807, 2.05) is 12.1 Å². The summed E-state index contributed by atoms with van der Waals surface area (Å²) in [5.41, 5.74) is 4.41. The second-order valence-corrected chi connectivity index (χ2v) is 10.6. The highest BCUT2D eigenvalue weighted by atomic mass is 127. The van der Waals surface area contributed by atoms with E-state index in [2.05, 4.69) is 60.7 Å². The third-order valence-electron chi connectivity index (χ3n) is 7.38. The van der Waals surface area contributed by atoms with E-state index in [1.54, 1.807) is 0 Å². The van der Waals surface area contributed by atoms with Crippen molar-refractivity contribution in [2.75, 3.05) is 0 Å². The van der Waals surface area contributed by atoms with Crippen molar-refractivity contribution in [3.05, 3.63) is 51.1 Å². The van der Waals surface area contributed by atoms with Crippen LogP contribution in [0, 0.1) is 40.6 Å². The van der Waals surface area contributed by atoms with Gasteiger partial charge in [0.05, 0.1) is 5.41 Å². The number of carbonyl (C=O) groups excluding carboxylic acids is 1. The van der Waals surface area contributed by atoms with Crippen molar-refractivity contribution in [3.8, 4) is 16.9 Å². The van der Waals surface area contributed by atoms with Crippen LogP contribution in [0.3, 0.4) is 0 Å². The summed E-state index contributed by atoms with van der Waals surface area (Å²) in [7, 11) is 0. The molecule has 4 bridgehead atoms. The lowest BCUT2D eigenvalue weighted by Crippen LogP contribution is -2.51. The Balaban J connectivity index is 1.52. The molecule has 6 rings (SSSR count). The molecule has 0 atom stereocenters. The molecular weight excluding hydrogens is 459 g/mol. The second kappa shape index (κ2) is 6.86. The fourth-order valence-electron chi connectivity index (χ4n) is 6.56. The Morgan fingerprint density at radius 2 is 1.43 bits per heavy atom. The molecule has 2 aromatic rings. The van der Waals surface area contributed by atoms with Gasteiger partial charge >= 0.3 is 5.97 Å². The zero-order chi connectivity index (χ0) is 19.5. The molecule has 0 heterocycles. The van der Waals surface area contributed by atoms with Crippen LogP contribution in [-0.2, 0) is 4.79 Å². The van der Waals surface area contributed by atoms with Gasteiger partial charge in [0.15, 0.2) is 0 Å². The Labute approximate surface area is 181 Å². The second-order valence-electron chi connectivity index (χ2n) is 9.47. The van der Waals surface area contributed by atoms with Gasteiger partial charge in [0.2, 0.25) is 0 Å². The van der Waals surface area contributed by atoms with Gasteiger partial charge in [-0.05, 0) is 116 Å². The molecule has 28 heavy (non-hydrogen) atoms. The average Bonchev–Trinajstić information content (AvgIpc) is 2.62. The fraction of sp³-hybridized carbons (Fsp3) is 0.480. The summed E-state index contributed by atoms with van der Waals surface area (Å²) in [5, 5.41) is 0. The van der Waals surface area contributed by atoms with Gasteiger partial charge in [0.1, 0.15) is 5.75 Å². The maximum absolute atomic E-state index is 13.5. The first-order valence-corrected chi connectivity index (χ1v) is 11.6. The van der Waals surface area contributed by atoms with E-state index in [9.17, 15) is 4.79 Å². The van der Waals surface area contributed by atoms with Gasteiger partial charge in [-0.3, -0.25) is 4.79 Å². The molecule has 0 aliphatic heterocycles. The van der Waals surface area contributed by atoms with Crippen molar-refractivity contribution < 1.29 is 9.53 Å². The zero-order valence-electron chi connectivity index (χ0n) is 16.6. The summed E-state index contributed by atoms with van der Waals surface area (Å²) < 4.78 is 7.43. The van der Waals surface area contributed by atoms with Gasteiger partial charge < -0.3 is 4.74 Å². The maximum Gasteiger partial charge on any atom is 0.317 e. The first kappa shape index (κ1) is 18.7. The lowest BCUT2D eigenvalue weighted by Gasteiger charge is -2.55. The van der Waals surface area contributed by atoms with Crippen molar-refractivity contribution in [2.45, 2.75) is 52.4 Å². The number of halogens is 1. The molecule has 3 heteroatoms. The molecule has 0 unspecified atom stereocenters. The number of rotatable bonds is 3. The van der Waals surface area contributed by atoms with Gasteiger partial charge in [-0.2, -0.15) is 0 Å². The first-order chi connectivity index (χ1) is 13.4. The van der Waals surface area contributed by atoms with E-state index in [0.29, 0.717) is 0 Å². The van der Waals surface area contributed by atoms with Crippen molar-refractivity contribution in [3.63, 3.8) is 0 Å². The molecule has 0 aromatic heterocycles. The van der Waals surface area contributed by atoms with Gasteiger partial charge in [0.25, 0.3) is 0 Å². The van der Waals surface area contributed by atoms with Crippen LogP contribution in [0.25, 0.3) is 11.1 Å². The third kappa shape index (κ3) is 3.01. The van der Waals surface area contributed by atoms with Crippen molar-refractivity contribution in [2.24, 2.45) is 23.2 Å². The predicted molar refractivity (Wildman–Crippen MR) is 120 cm³/mol. The van der Waals surface area contributed by atoms with E-state index in [1.165, 1.54) is 34.0 Å². The number of hydrogen-bond donors (Lipinski definition) is 0. The predicted octanol–water partition coefficient (Wildman–Crippen LogP) is 6.70. The Morgan fingerprint density at radius 3 is 2.00 bits per heavy atom. The van der Waals surface area contributed by atoms with Gasteiger partial charge in [-0.15, -0.1) is 0 Å². The minimum absolute atomic E-state index is 0.0297. The number of benzene rings is 2. The number of carbonyl (C=O) groups is 1. The third-order valence-corrected chi connectivity index (χ3v) is 8.28. The van der Waals surface area contributed by atoms with Gasteiger partial charge in [0, 0.05) is 14.7 Å². The molecule has 2 nitrogen and oxygen atoms in total. The van der Waals surface area contributed by atoms with Crippen LogP contribution >= 0.6 is 22.6 Å². The summed E-state index contributed by atoms with van der Waals surface area (Å²) in [6, 6.07) is 12.4. The lowest BCUT2D eigenvalue weighted by atomic mass is 9.49. The maximum atomic E-state index is 13.5. The fourth-order valence-corrected chi connectivity index (χ4v) is 7.47. The van der Waals surface area contributed by atoms with Crippen molar-refractivity contribution in [1.82, 2.24) is 0 Å². The van der Waals surface area contributed by atoms with Crippen LogP contribution in [0.4, 0.5) is 0 Å². The molecular formula is C25H27IO2. The molecule has 4 saturated carbocycles. The molecule has 4 fully saturated rings. The van der Waals surface area contributed by atoms with Crippen LogP contribution in [-0.4, -0.2) is 5.97 Å². The molecule has 0 saturated heterocycles. The topological polar surface area (TPSA) is 26.3 Å². The zero-order valence-corrected chi connectivity index (χ0v) is 18.8. The standard InChI is InChI=1S/C25H27IO2/c1-15-5-3-7-20(26)22(15)23-16(2)6-4-8-21(23)28-24(27)25-12-17-9-18(13-25)11-19(10-17)14-25/h3-8,17-19H,9-14H2,1-2H3. The highest BCUT2D eigenvalue weighted by molar-refractivity contribution is 14.1. The molecule has 4 aliphatic rings. The summed E-state index contributed by atoms with van der Waals surface area (Å²) in [5.74, 6) is 2.99. The largest absolute Gasteiger partial charge is 0.425 e. The van der Waals surface area contributed by atoms with Gasteiger partial charge in [-0.25, -0.2) is 0 Å². The molecule has 2 aromatic carbocycles. The van der Waals surface area contributed by atoms with Crippen LogP contribution in [0.2, 0.25) is 0 Å². The van der Waals surface area contributed by atoms with Crippen LogP contribution in [0.1, 0.15) is 49.7 Å². The van der Waals surface area contributed by atoms with E-state index < -0.39 is 0 Å². The SMILES string of the molecule is Cc1cccc(I)c1-c1c(C)cccc1OC(=O)C12CC3CC(CC(C3)C1)C2. The molecule has 0 amide bonds. The normalized spacial score (nSPS) is 30.5. The highest BCUT2D eigenvalue weighted by Gasteiger charge is 2.55. The van der Waals surface area contributed by atoms with Crippen molar-refractivity contribution >= 4 is 28.6 Å². The van der Waals surface area contributed by atoms with E-state index in [-0.39, 0.29) is 11.4 Å². The quantitative estimate of drug-likeness (QED) is 0.274. The molecule has 4 aliphatic carbocycles. The number of ether oxygens (including phenoxy) is 1. The minimum atomic E-state index is -0.228. The first-order valence-electron chi connectivity index (χ1n) is 10.5. The van der Waals surface area contributed by atoms with Crippen LogP contribution < -0.4 is 4.74 Å². The summed E-state index contributed by atoms with van der Waals surface area (Å²) in [6.07, 6.45) is 7.14. The number of esters is 1. The Morgan fingerprint density at radius 1 is 0.893 bits per heavy atom.